The molecule has 2 amide bonds. The molecule has 5 N–H and O–H groups in total. The normalized spacial score (nSPS) is 12.9. The van der Waals surface area contributed by atoms with E-state index in [1.165, 1.54) is 6.92 Å². The molecule has 0 heterocycles. The summed E-state index contributed by atoms with van der Waals surface area (Å²) in [6.07, 6.45) is 0. The van der Waals surface area contributed by atoms with Crippen LogP contribution in [0.4, 0.5) is 4.79 Å². The van der Waals surface area contributed by atoms with Crippen LogP contribution in [0.1, 0.15) is 6.92 Å². The van der Waals surface area contributed by atoms with Gasteiger partial charge in [0.15, 0.2) is 0 Å². The molecule has 0 aliphatic carbocycles. The highest BCUT2D eigenvalue weighted by molar-refractivity contribution is 7.89. The molecule has 1 atom stereocenters. The average molecular weight is 253 g/mol. The summed E-state index contributed by atoms with van der Waals surface area (Å²) in [7, 11) is -3.60. The van der Waals surface area contributed by atoms with E-state index in [0.717, 1.165) is 0 Å². The number of rotatable bonds is 6. The molecule has 16 heavy (non-hydrogen) atoms. The Balaban J connectivity index is 3.72. The van der Waals surface area contributed by atoms with Crippen molar-refractivity contribution in [2.45, 2.75) is 6.92 Å². The first-order valence-corrected chi connectivity index (χ1v) is 6.19. The van der Waals surface area contributed by atoms with Gasteiger partial charge in [0.1, 0.15) is 0 Å². The van der Waals surface area contributed by atoms with E-state index in [1.54, 1.807) is 0 Å². The van der Waals surface area contributed by atoms with Crippen molar-refractivity contribution in [3.05, 3.63) is 0 Å². The van der Waals surface area contributed by atoms with Crippen molar-refractivity contribution in [1.29, 1.82) is 0 Å². The number of primary sulfonamides is 1. The monoisotopic (exact) mass is 253 g/mol. The van der Waals surface area contributed by atoms with Crippen LogP contribution < -0.4 is 15.8 Å². The number of sulfonamides is 1. The maximum absolute atomic E-state index is 11.0. The van der Waals surface area contributed by atoms with Crippen LogP contribution in [0.5, 0.6) is 0 Å². The molecule has 0 saturated carbocycles. The highest BCUT2D eigenvalue weighted by Crippen LogP contribution is 1.90. The Morgan fingerprint density at radius 3 is 2.38 bits per heavy atom. The van der Waals surface area contributed by atoms with Crippen molar-refractivity contribution in [2.75, 3.05) is 18.8 Å². The zero-order chi connectivity index (χ0) is 12.8. The fraction of sp³-hybridized carbons (Fsp3) is 0.714. The Kier molecular flexibility index (Phi) is 5.75. The first kappa shape index (κ1) is 14.6. The molecule has 0 spiro atoms. The summed E-state index contributed by atoms with van der Waals surface area (Å²) in [6, 6.07) is -0.628. The van der Waals surface area contributed by atoms with Crippen molar-refractivity contribution in [1.82, 2.24) is 10.6 Å². The van der Waals surface area contributed by atoms with Crippen molar-refractivity contribution in [3.8, 4) is 0 Å². The van der Waals surface area contributed by atoms with Gasteiger partial charge in [-0.15, -0.1) is 0 Å². The molecule has 0 radical (unpaired) electrons. The van der Waals surface area contributed by atoms with Gasteiger partial charge >= 0.3 is 12.0 Å². The molecular formula is C7H15N3O5S. The molecule has 0 fully saturated rings. The van der Waals surface area contributed by atoms with Gasteiger partial charge in [-0.3, -0.25) is 4.79 Å². The minimum Gasteiger partial charge on any atom is -0.481 e. The van der Waals surface area contributed by atoms with Gasteiger partial charge in [-0.2, -0.15) is 0 Å². The van der Waals surface area contributed by atoms with Gasteiger partial charge in [-0.1, -0.05) is 6.92 Å². The van der Waals surface area contributed by atoms with Gasteiger partial charge < -0.3 is 15.7 Å². The fourth-order valence-corrected chi connectivity index (χ4v) is 1.09. The summed E-state index contributed by atoms with van der Waals surface area (Å²) in [5.74, 6) is -2.09. The zero-order valence-electron chi connectivity index (χ0n) is 8.76. The summed E-state index contributed by atoms with van der Waals surface area (Å²) >= 11 is 0. The van der Waals surface area contributed by atoms with Gasteiger partial charge in [-0.05, 0) is 0 Å². The van der Waals surface area contributed by atoms with E-state index < -0.39 is 27.9 Å². The molecule has 0 bridgehead atoms. The maximum atomic E-state index is 11.0. The molecule has 0 rings (SSSR count). The topological polar surface area (TPSA) is 139 Å². The minimum atomic E-state index is -3.60. The Labute approximate surface area is 93.2 Å². The quantitative estimate of drug-likeness (QED) is 0.446. The minimum absolute atomic E-state index is 0.0312. The Morgan fingerprint density at radius 1 is 1.38 bits per heavy atom. The van der Waals surface area contributed by atoms with Gasteiger partial charge in [0.2, 0.25) is 10.0 Å². The van der Waals surface area contributed by atoms with E-state index in [-0.39, 0.29) is 18.8 Å². The molecule has 0 saturated heterocycles. The van der Waals surface area contributed by atoms with E-state index in [1.807, 2.05) is 0 Å². The number of carbonyl (C=O) groups excluding carboxylic acids is 1. The van der Waals surface area contributed by atoms with Gasteiger partial charge in [0, 0.05) is 13.1 Å². The molecule has 0 aromatic rings. The molecular weight excluding hydrogens is 238 g/mol. The second-order valence-corrected chi connectivity index (χ2v) is 4.98. The molecule has 1 unspecified atom stereocenters. The van der Waals surface area contributed by atoms with Crippen LogP contribution in [0, 0.1) is 5.92 Å². The van der Waals surface area contributed by atoms with E-state index in [9.17, 15) is 18.0 Å². The molecule has 0 aromatic heterocycles. The lowest BCUT2D eigenvalue weighted by molar-refractivity contribution is -0.140. The van der Waals surface area contributed by atoms with Crippen LogP contribution in [-0.4, -0.2) is 44.4 Å². The number of carbonyl (C=O) groups is 2. The van der Waals surface area contributed by atoms with E-state index in [2.05, 4.69) is 10.6 Å². The number of aliphatic carboxylic acids is 1. The smallest absolute Gasteiger partial charge is 0.314 e. The molecule has 0 aliphatic heterocycles. The fourth-order valence-electron chi connectivity index (χ4n) is 0.702. The third kappa shape index (κ3) is 8.00. The molecule has 0 aliphatic rings. The Hall–Kier alpha value is -1.35. The number of carboxylic acid groups (broad SMARTS) is 1. The summed E-state index contributed by atoms with van der Waals surface area (Å²) in [5, 5.41) is 17.7. The highest BCUT2D eigenvalue weighted by Gasteiger charge is 2.12. The lowest BCUT2D eigenvalue weighted by Gasteiger charge is -2.09. The standard InChI is InChI=1S/C7H15N3O5S/c1-5(6(11)12)4-10-7(13)9-2-3-16(8,14)15/h5H,2-4H2,1H3,(H,11,12)(H2,8,14,15)(H2,9,10,13). The van der Waals surface area contributed by atoms with Crippen molar-refractivity contribution < 1.29 is 23.1 Å². The largest absolute Gasteiger partial charge is 0.481 e. The third-order valence-corrected chi connectivity index (χ3v) is 2.44. The number of hydrogen-bond acceptors (Lipinski definition) is 4. The third-order valence-electron chi connectivity index (χ3n) is 1.66. The number of amides is 2. The summed E-state index contributed by atoms with van der Waals surface area (Å²) in [5.41, 5.74) is 0. The lowest BCUT2D eigenvalue weighted by Crippen LogP contribution is -2.41. The predicted molar refractivity (Wildman–Crippen MR) is 56.2 cm³/mol. The van der Waals surface area contributed by atoms with Gasteiger partial charge in [0.25, 0.3) is 0 Å². The maximum Gasteiger partial charge on any atom is 0.314 e. The molecule has 9 heteroatoms. The molecule has 8 nitrogen and oxygen atoms in total. The zero-order valence-corrected chi connectivity index (χ0v) is 9.58. The number of carboxylic acids is 1. The predicted octanol–water partition coefficient (Wildman–Crippen LogP) is -1.71. The van der Waals surface area contributed by atoms with E-state index in [0.29, 0.717) is 0 Å². The van der Waals surface area contributed by atoms with Crippen LogP contribution >= 0.6 is 0 Å². The highest BCUT2D eigenvalue weighted by atomic mass is 32.2. The summed E-state index contributed by atoms with van der Waals surface area (Å²) < 4.78 is 21.0. The molecule has 0 aromatic carbocycles. The molecule has 94 valence electrons. The Bertz CT molecular complexity index is 353. The second-order valence-electron chi connectivity index (χ2n) is 3.24. The number of hydrogen-bond donors (Lipinski definition) is 4. The van der Waals surface area contributed by atoms with Crippen LogP contribution in [-0.2, 0) is 14.8 Å². The average Bonchev–Trinajstić information content (AvgIpc) is 2.11. The second kappa shape index (κ2) is 6.28. The first-order chi connectivity index (χ1) is 7.22. The van der Waals surface area contributed by atoms with Crippen molar-refractivity contribution in [3.63, 3.8) is 0 Å². The van der Waals surface area contributed by atoms with Crippen LogP contribution in [0.25, 0.3) is 0 Å². The number of nitrogens with one attached hydrogen (secondary N) is 2. The summed E-state index contributed by atoms with van der Waals surface area (Å²) in [6.45, 7) is 1.29. The van der Waals surface area contributed by atoms with E-state index >= 15 is 0 Å². The van der Waals surface area contributed by atoms with Crippen LogP contribution in [0.15, 0.2) is 0 Å². The van der Waals surface area contributed by atoms with E-state index in [4.69, 9.17) is 10.2 Å². The van der Waals surface area contributed by atoms with Gasteiger partial charge in [0.05, 0.1) is 11.7 Å². The SMILES string of the molecule is CC(CNC(=O)NCCS(N)(=O)=O)C(=O)O. The Morgan fingerprint density at radius 2 is 1.94 bits per heavy atom. The van der Waals surface area contributed by atoms with Crippen LogP contribution in [0.2, 0.25) is 0 Å². The van der Waals surface area contributed by atoms with Crippen LogP contribution in [0.3, 0.4) is 0 Å². The lowest BCUT2D eigenvalue weighted by atomic mass is 10.2. The van der Waals surface area contributed by atoms with Gasteiger partial charge in [-0.25, -0.2) is 18.4 Å². The van der Waals surface area contributed by atoms with Crippen molar-refractivity contribution >= 4 is 22.0 Å². The number of urea groups is 1. The number of nitrogens with two attached hydrogens (primary N) is 1. The summed E-state index contributed by atoms with van der Waals surface area (Å²) in [4.78, 5) is 21.4. The van der Waals surface area contributed by atoms with Crippen molar-refractivity contribution in [2.24, 2.45) is 11.1 Å². The first-order valence-electron chi connectivity index (χ1n) is 4.47.